The topological polar surface area (TPSA) is 3.24 Å². The first-order chi connectivity index (χ1) is 7.63. The number of rotatable bonds is 6. The molecule has 1 aromatic rings. The molecule has 0 bridgehead atoms. The fraction of sp³-hybridized carbons (Fsp3) is 0.600. The minimum atomic E-state index is 0.669. The normalized spacial score (nSPS) is 13.4. The second kappa shape index (κ2) is 6.70. The maximum absolute atomic E-state index is 2.58. The molecule has 0 N–H and O–H groups in total. The third-order valence-corrected chi connectivity index (χ3v) is 3.04. The summed E-state index contributed by atoms with van der Waals surface area (Å²) in [4.78, 5) is 2.58. The molecule has 1 atom stereocenters. The maximum Gasteiger partial charge on any atom is 0.0236 e. The largest absolute Gasteiger partial charge is 0.296 e. The van der Waals surface area contributed by atoms with E-state index in [1.54, 1.807) is 0 Å². The highest BCUT2D eigenvalue weighted by Gasteiger charge is 2.13. The predicted octanol–water partition coefficient (Wildman–Crippen LogP) is 3.94. The molecule has 0 aliphatic carbocycles. The molecule has 0 aliphatic heterocycles. The summed E-state index contributed by atoms with van der Waals surface area (Å²) in [6, 6.07) is 11.4. The summed E-state index contributed by atoms with van der Waals surface area (Å²) in [5.41, 5.74) is 1.42. The SMILES string of the molecule is CC[C@@H](C)N(Cc1ccccc1)CC(C)C. The van der Waals surface area contributed by atoms with Crippen molar-refractivity contribution in [1.82, 2.24) is 4.90 Å². The molecule has 1 heteroatoms. The molecular formula is C15H25N. The Labute approximate surface area is 100 Å². The minimum absolute atomic E-state index is 0.669. The van der Waals surface area contributed by atoms with Gasteiger partial charge in [-0.15, -0.1) is 0 Å². The van der Waals surface area contributed by atoms with Crippen LogP contribution in [0.15, 0.2) is 30.3 Å². The number of hydrogen-bond donors (Lipinski definition) is 0. The predicted molar refractivity (Wildman–Crippen MR) is 71.4 cm³/mol. The van der Waals surface area contributed by atoms with Gasteiger partial charge in [-0.1, -0.05) is 51.1 Å². The first-order valence-electron chi connectivity index (χ1n) is 6.41. The van der Waals surface area contributed by atoms with E-state index in [0.29, 0.717) is 6.04 Å². The van der Waals surface area contributed by atoms with Gasteiger partial charge in [0.15, 0.2) is 0 Å². The van der Waals surface area contributed by atoms with Gasteiger partial charge < -0.3 is 0 Å². The Morgan fingerprint density at radius 3 is 2.19 bits per heavy atom. The molecule has 1 nitrogen and oxygen atoms in total. The second-order valence-electron chi connectivity index (χ2n) is 5.07. The lowest BCUT2D eigenvalue weighted by Gasteiger charge is -2.30. The van der Waals surface area contributed by atoms with E-state index >= 15 is 0 Å². The van der Waals surface area contributed by atoms with Crippen molar-refractivity contribution in [2.24, 2.45) is 5.92 Å². The zero-order chi connectivity index (χ0) is 12.0. The fourth-order valence-electron chi connectivity index (χ4n) is 1.95. The quantitative estimate of drug-likeness (QED) is 0.700. The van der Waals surface area contributed by atoms with Gasteiger partial charge >= 0.3 is 0 Å². The van der Waals surface area contributed by atoms with E-state index in [0.717, 1.165) is 12.5 Å². The third kappa shape index (κ3) is 4.36. The van der Waals surface area contributed by atoms with Crippen LogP contribution in [0.4, 0.5) is 0 Å². The summed E-state index contributed by atoms with van der Waals surface area (Å²) in [5.74, 6) is 0.734. The maximum atomic E-state index is 2.58. The zero-order valence-electron chi connectivity index (χ0n) is 11.1. The van der Waals surface area contributed by atoms with Gasteiger partial charge in [-0.3, -0.25) is 4.90 Å². The fourth-order valence-corrected chi connectivity index (χ4v) is 1.95. The summed E-state index contributed by atoms with van der Waals surface area (Å²) in [6.45, 7) is 11.4. The van der Waals surface area contributed by atoms with Crippen molar-refractivity contribution < 1.29 is 0 Å². The van der Waals surface area contributed by atoms with Gasteiger partial charge in [0.2, 0.25) is 0 Å². The summed E-state index contributed by atoms with van der Waals surface area (Å²) in [5, 5.41) is 0. The van der Waals surface area contributed by atoms with Crippen LogP contribution >= 0.6 is 0 Å². The van der Waals surface area contributed by atoms with Crippen LogP contribution in [0.1, 0.15) is 39.7 Å². The van der Waals surface area contributed by atoms with E-state index in [2.05, 4.69) is 62.9 Å². The first kappa shape index (κ1) is 13.2. The van der Waals surface area contributed by atoms with Gasteiger partial charge in [0.25, 0.3) is 0 Å². The van der Waals surface area contributed by atoms with Crippen LogP contribution in [0.5, 0.6) is 0 Å². The average Bonchev–Trinajstić information content (AvgIpc) is 2.28. The Morgan fingerprint density at radius 1 is 1.06 bits per heavy atom. The van der Waals surface area contributed by atoms with Crippen LogP contribution in [-0.4, -0.2) is 17.5 Å². The van der Waals surface area contributed by atoms with Crippen molar-refractivity contribution in [2.45, 2.75) is 46.7 Å². The molecule has 0 aromatic heterocycles. The first-order valence-corrected chi connectivity index (χ1v) is 6.41. The van der Waals surface area contributed by atoms with Gasteiger partial charge in [0.05, 0.1) is 0 Å². The highest BCUT2D eigenvalue weighted by molar-refractivity contribution is 5.14. The summed E-state index contributed by atoms with van der Waals surface area (Å²) < 4.78 is 0. The van der Waals surface area contributed by atoms with Crippen LogP contribution in [0.2, 0.25) is 0 Å². The van der Waals surface area contributed by atoms with Crippen molar-refractivity contribution >= 4 is 0 Å². The summed E-state index contributed by atoms with van der Waals surface area (Å²) >= 11 is 0. The van der Waals surface area contributed by atoms with E-state index in [4.69, 9.17) is 0 Å². The van der Waals surface area contributed by atoms with E-state index < -0.39 is 0 Å². The molecule has 0 saturated carbocycles. The molecule has 0 amide bonds. The molecule has 16 heavy (non-hydrogen) atoms. The van der Waals surface area contributed by atoms with E-state index in [1.807, 2.05) is 0 Å². The molecule has 90 valence electrons. The minimum Gasteiger partial charge on any atom is -0.296 e. The van der Waals surface area contributed by atoms with E-state index in [-0.39, 0.29) is 0 Å². The van der Waals surface area contributed by atoms with Crippen LogP contribution in [0.25, 0.3) is 0 Å². The number of nitrogens with zero attached hydrogens (tertiary/aromatic N) is 1. The van der Waals surface area contributed by atoms with Crippen LogP contribution in [-0.2, 0) is 6.54 Å². The molecule has 0 saturated heterocycles. The summed E-state index contributed by atoms with van der Waals surface area (Å²) in [7, 11) is 0. The smallest absolute Gasteiger partial charge is 0.0236 e. The van der Waals surface area contributed by atoms with Crippen molar-refractivity contribution in [3.8, 4) is 0 Å². The number of hydrogen-bond acceptors (Lipinski definition) is 1. The lowest BCUT2D eigenvalue weighted by molar-refractivity contribution is 0.173. The average molecular weight is 219 g/mol. The lowest BCUT2D eigenvalue weighted by atomic mass is 10.1. The molecule has 0 aliphatic rings. The molecule has 0 radical (unpaired) electrons. The monoisotopic (exact) mass is 219 g/mol. The molecule has 1 rings (SSSR count). The molecule has 0 fully saturated rings. The van der Waals surface area contributed by atoms with Gasteiger partial charge in [-0.05, 0) is 24.8 Å². The summed E-state index contributed by atoms with van der Waals surface area (Å²) in [6.07, 6.45) is 1.22. The van der Waals surface area contributed by atoms with Crippen molar-refractivity contribution in [2.75, 3.05) is 6.54 Å². The Kier molecular flexibility index (Phi) is 5.54. The molecular weight excluding hydrogens is 194 g/mol. The van der Waals surface area contributed by atoms with Crippen molar-refractivity contribution in [1.29, 1.82) is 0 Å². The zero-order valence-corrected chi connectivity index (χ0v) is 11.1. The van der Waals surface area contributed by atoms with Crippen molar-refractivity contribution in [3.63, 3.8) is 0 Å². The molecule has 0 heterocycles. The Balaban J connectivity index is 2.63. The Morgan fingerprint density at radius 2 is 1.69 bits per heavy atom. The lowest BCUT2D eigenvalue weighted by Crippen LogP contribution is -2.35. The van der Waals surface area contributed by atoms with E-state index in [1.165, 1.54) is 18.5 Å². The second-order valence-corrected chi connectivity index (χ2v) is 5.07. The highest BCUT2D eigenvalue weighted by Crippen LogP contribution is 2.12. The van der Waals surface area contributed by atoms with Crippen molar-refractivity contribution in [3.05, 3.63) is 35.9 Å². The number of benzene rings is 1. The van der Waals surface area contributed by atoms with Gasteiger partial charge in [0, 0.05) is 19.1 Å². The highest BCUT2D eigenvalue weighted by atomic mass is 15.1. The van der Waals surface area contributed by atoms with Crippen LogP contribution in [0.3, 0.4) is 0 Å². The van der Waals surface area contributed by atoms with E-state index in [9.17, 15) is 0 Å². The standard InChI is InChI=1S/C15H25N/c1-5-14(4)16(11-13(2)3)12-15-9-7-6-8-10-15/h6-10,13-14H,5,11-12H2,1-4H3/t14-/m1/s1. The molecule has 0 unspecified atom stereocenters. The molecule has 0 spiro atoms. The Hall–Kier alpha value is -0.820. The Bertz CT molecular complexity index is 279. The van der Waals surface area contributed by atoms with Gasteiger partial charge in [0.1, 0.15) is 0 Å². The third-order valence-electron chi connectivity index (χ3n) is 3.04. The van der Waals surface area contributed by atoms with Crippen LogP contribution in [0, 0.1) is 5.92 Å². The molecule has 1 aromatic carbocycles. The van der Waals surface area contributed by atoms with Gasteiger partial charge in [-0.25, -0.2) is 0 Å². The van der Waals surface area contributed by atoms with Crippen LogP contribution < -0.4 is 0 Å². The van der Waals surface area contributed by atoms with Gasteiger partial charge in [-0.2, -0.15) is 0 Å².